The first-order chi connectivity index (χ1) is 21.5. The zero-order chi connectivity index (χ0) is 30.0. The van der Waals surface area contributed by atoms with Gasteiger partial charge in [-0.25, -0.2) is 9.36 Å². The predicted octanol–water partition coefficient (Wildman–Crippen LogP) is 9.97. The molecule has 0 spiro atoms. The first-order valence-corrected chi connectivity index (χ1v) is 15.6. The van der Waals surface area contributed by atoms with Crippen LogP contribution < -0.4 is 4.80 Å². The van der Waals surface area contributed by atoms with Crippen molar-refractivity contribution in [1.29, 1.82) is 0 Å². The summed E-state index contributed by atoms with van der Waals surface area (Å²) >= 11 is 14.0. The molecule has 0 radical (unpaired) electrons. The average molecular weight is 631 g/mol. The SMILES string of the molecule is Cc1ccc(-c2c(-c3ccc(Cl)cc3)nn(-c3ccccc3)c2N=c2sc(-c3ccc(Cl)cc3)nn2-c2ccccc2)cc1. The minimum atomic E-state index is 0.668. The van der Waals surface area contributed by atoms with E-state index in [-0.39, 0.29) is 0 Å². The number of para-hydroxylation sites is 2. The first kappa shape index (κ1) is 28.0. The van der Waals surface area contributed by atoms with Crippen LogP contribution in [-0.4, -0.2) is 19.6 Å². The molecule has 5 aromatic carbocycles. The Hall–Kier alpha value is -4.75. The van der Waals surface area contributed by atoms with E-state index in [1.54, 1.807) is 0 Å². The quantitative estimate of drug-likeness (QED) is 0.184. The van der Waals surface area contributed by atoms with Gasteiger partial charge in [0, 0.05) is 21.2 Å². The zero-order valence-electron chi connectivity index (χ0n) is 23.6. The Kier molecular flexibility index (Phi) is 7.71. The number of aromatic nitrogens is 4. The summed E-state index contributed by atoms with van der Waals surface area (Å²) in [6.07, 6.45) is 0. The number of rotatable bonds is 6. The van der Waals surface area contributed by atoms with Crippen LogP contribution in [0.25, 0.3) is 44.3 Å². The lowest BCUT2D eigenvalue weighted by atomic mass is 10.00. The summed E-state index contributed by atoms with van der Waals surface area (Å²) in [5, 5.41) is 12.4. The second kappa shape index (κ2) is 12.1. The van der Waals surface area contributed by atoms with E-state index in [1.165, 1.54) is 16.9 Å². The summed E-state index contributed by atoms with van der Waals surface area (Å²) in [7, 11) is 0. The summed E-state index contributed by atoms with van der Waals surface area (Å²) in [6.45, 7) is 2.08. The van der Waals surface area contributed by atoms with Crippen molar-refractivity contribution in [1.82, 2.24) is 19.6 Å². The molecule has 0 fully saturated rings. The Morgan fingerprint density at radius 3 is 1.68 bits per heavy atom. The van der Waals surface area contributed by atoms with Gasteiger partial charge in [0.15, 0.2) is 5.82 Å². The van der Waals surface area contributed by atoms with Crippen LogP contribution >= 0.6 is 34.5 Å². The van der Waals surface area contributed by atoms with Crippen LogP contribution in [0.15, 0.2) is 138 Å². The molecular weight excluding hydrogens is 605 g/mol. The van der Waals surface area contributed by atoms with Crippen LogP contribution in [0.5, 0.6) is 0 Å². The molecule has 0 aliphatic carbocycles. The van der Waals surface area contributed by atoms with Gasteiger partial charge in [0.2, 0.25) is 4.80 Å². The normalized spacial score (nSPS) is 11.7. The molecule has 0 aliphatic rings. The van der Waals surface area contributed by atoms with E-state index >= 15 is 0 Å². The molecular formula is C36H25Cl2N5S. The van der Waals surface area contributed by atoms with E-state index in [0.29, 0.717) is 20.7 Å². The highest BCUT2D eigenvalue weighted by Gasteiger charge is 2.23. The van der Waals surface area contributed by atoms with Crippen molar-refractivity contribution in [2.45, 2.75) is 6.92 Å². The van der Waals surface area contributed by atoms with Gasteiger partial charge in [0.05, 0.1) is 16.9 Å². The van der Waals surface area contributed by atoms with Crippen molar-refractivity contribution >= 4 is 40.4 Å². The zero-order valence-corrected chi connectivity index (χ0v) is 25.9. The lowest BCUT2D eigenvalue weighted by Gasteiger charge is -2.07. The van der Waals surface area contributed by atoms with Crippen molar-refractivity contribution in [3.63, 3.8) is 0 Å². The summed E-state index contributed by atoms with van der Waals surface area (Å²) < 4.78 is 3.80. The number of nitrogens with zero attached hydrogens (tertiary/aromatic N) is 5. The van der Waals surface area contributed by atoms with E-state index in [4.69, 9.17) is 38.4 Å². The fraction of sp³-hybridized carbons (Fsp3) is 0.0278. The van der Waals surface area contributed by atoms with Crippen LogP contribution in [0.3, 0.4) is 0 Å². The van der Waals surface area contributed by atoms with Crippen LogP contribution in [0.2, 0.25) is 10.0 Å². The molecule has 0 N–H and O–H groups in total. The minimum absolute atomic E-state index is 0.668. The van der Waals surface area contributed by atoms with E-state index in [9.17, 15) is 0 Å². The standard InChI is InChI=1S/C36H25Cl2N5S/c1-24-12-14-25(15-13-24)32-33(26-16-20-28(37)21-17-26)40-42(30-8-4-2-5-9-30)34(32)39-36-43(31-10-6-3-7-11-31)41-35(44-36)27-18-22-29(38)23-19-27/h2-23H,1H3. The third kappa shape index (κ3) is 5.63. The van der Waals surface area contributed by atoms with Gasteiger partial charge in [-0.2, -0.15) is 15.2 Å². The second-order valence-electron chi connectivity index (χ2n) is 10.2. The van der Waals surface area contributed by atoms with Gasteiger partial charge in [-0.05, 0) is 61.0 Å². The van der Waals surface area contributed by atoms with Crippen molar-refractivity contribution in [2.24, 2.45) is 4.99 Å². The smallest absolute Gasteiger partial charge is 0.214 e. The van der Waals surface area contributed by atoms with Crippen LogP contribution in [-0.2, 0) is 0 Å². The number of hydrogen-bond acceptors (Lipinski definition) is 4. The Bertz CT molecular complexity index is 2110. The highest BCUT2D eigenvalue weighted by atomic mass is 35.5. The molecule has 214 valence electrons. The molecule has 2 aromatic heterocycles. The number of hydrogen-bond donors (Lipinski definition) is 0. The topological polar surface area (TPSA) is 48.0 Å². The van der Waals surface area contributed by atoms with Crippen molar-refractivity contribution in [2.75, 3.05) is 0 Å². The molecule has 8 heteroatoms. The average Bonchev–Trinajstić information content (AvgIpc) is 3.65. The van der Waals surface area contributed by atoms with E-state index in [1.807, 2.05) is 119 Å². The van der Waals surface area contributed by atoms with E-state index < -0.39 is 0 Å². The van der Waals surface area contributed by atoms with Crippen molar-refractivity contribution in [3.8, 4) is 44.3 Å². The maximum absolute atomic E-state index is 6.29. The molecule has 7 aromatic rings. The van der Waals surface area contributed by atoms with Crippen LogP contribution in [0, 0.1) is 6.92 Å². The van der Waals surface area contributed by atoms with E-state index in [2.05, 4.69) is 31.2 Å². The Morgan fingerprint density at radius 1 is 0.568 bits per heavy atom. The highest BCUT2D eigenvalue weighted by molar-refractivity contribution is 7.12. The molecule has 7 rings (SSSR count). The maximum atomic E-state index is 6.29. The van der Waals surface area contributed by atoms with Crippen molar-refractivity contribution < 1.29 is 0 Å². The predicted molar refractivity (Wildman–Crippen MR) is 181 cm³/mol. The van der Waals surface area contributed by atoms with Gasteiger partial charge in [-0.3, -0.25) is 0 Å². The molecule has 0 saturated heterocycles. The lowest BCUT2D eigenvalue weighted by Crippen LogP contribution is -2.14. The van der Waals surface area contributed by atoms with Crippen molar-refractivity contribution in [3.05, 3.63) is 154 Å². The van der Waals surface area contributed by atoms with Gasteiger partial charge in [-0.15, -0.1) is 0 Å². The summed E-state index contributed by atoms with van der Waals surface area (Å²) in [5.41, 5.74) is 7.61. The molecule has 0 unspecified atom stereocenters. The number of benzene rings is 5. The molecule has 0 atom stereocenters. The Labute approximate surface area is 269 Å². The molecule has 44 heavy (non-hydrogen) atoms. The molecule has 0 bridgehead atoms. The molecule has 2 heterocycles. The van der Waals surface area contributed by atoms with Gasteiger partial charge in [0.25, 0.3) is 0 Å². The molecule has 0 aliphatic heterocycles. The maximum Gasteiger partial charge on any atom is 0.214 e. The molecule has 0 saturated carbocycles. The van der Waals surface area contributed by atoms with Crippen LogP contribution in [0.4, 0.5) is 5.82 Å². The fourth-order valence-electron chi connectivity index (χ4n) is 4.95. The number of halogens is 2. The lowest BCUT2D eigenvalue weighted by molar-refractivity contribution is 0.823. The monoisotopic (exact) mass is 629 g/mol. The second-order valence-corrected chi connectivity index (χ2v) is 12.1. The van der Waals surface area contributed by atoms with Gasteiger partial charge < -0.3 is 0 Å². The third-order valence-corrected chi connectivity index (χ3v) is 8.63. The fourth-order valence-corrected chi connectivity index (χ4v) is 6.11. The summed E-state index contributed by atoms with van der Waals surface area (Å²) in [4.78, 5) is 6.09. The molecule has 0 amide bonds. The Morgan fingerprint density at radius 2 is 1.09 bits per heavy atom. The summed E-state index contributed by atoms with van der Waals surface area (Å²) in [5.74, 6) is 0.695. The first-order valence-electron chi connectivity index (χ1n) is 14.0. The minimum Gasteiger partial charge on any atom is -0.214 e. The van der Waals surface area contributed by atoms with E-state index in [0.717, 1.165) is 44.3 Å². The third-order valence-electron chi connectivity index (χ3n) is 7.17. The molecule has 5 nitrogen and oxygen atoms in total. The van der Waals surface area contributed by atoms with Gasteiger partial charge in [0.1, 0.15) is 10.7 Å². The Balaban J connectivity index is 1.56. The largest absolute Gasteiger partial charge is 0.214 e. The highest BCUT2D eigenvalue weighted by Crippen LogP contribution is 2.41. The summed E-state index contributed by atoms with van der Waals surface area (Å²) in [6, 6.07) is 44.1. The van der Waals surface area contributed by atoms with Gasteiger partial charge >= 0.3 is 0 Å². The number of aryl methyl sites for hydroxylation is 1. The van der Waals surface area contributed by atoms with Crippen LogP contribution in [0.1, 0.15) is 5.56 Å². The van der Waals surface area contributed by atoms with Gasteiger partial charge in [-0.1, -0.05) is 125 Å².